The maximum atomic E-state index is 13.4. The first kappa shape index (κ1) is 27.8. The number of likely N-dealkylation sites (tertiary alicyclic amines) is 1. The summed E-state index contributed by atoms with van der Waals surface area (Å²) in [7, 11) is 3.01. The van der Waals surface area contributed by atoms with Crippen LogP contribution >= 0.6 is 0 Å². The highest BCUT2D eigenvalue weighted by Gasteiger charge is 2.38. The normalized spacial score (nSPS) is 18.9. The molecule has 216 valence electrons. The third kappa shape index (κ3) is 6.37. The van der Waals surface area contributed by atoms with E-state index in [1.165, 1.54) is 20.3 Å². The number of nitrogens with one attached hydrogen (secondary N) is 2. The van der Waals surface area contributed by atoms with Crippen LogP contribution in [0, 0.1) is 6.92 Å². The van der Waals surface area contributed by atoms with Crippen LogP contribution in [0.1, 0.15) is 28.2 Å². The van der Waals surface area contributed by atoms with Crippen molar-refractivity contribution in [3.8, 4) is 23.0 Å². The molecule has 4 bridgehead atoms. The summed E-state index contributed by atoms with van der Waals surface area (Å²) in [4.78, 5) is 45.0. The molecule has 12 heteroatoms. The van der Waals surface area contributed by atoms with Gasteiger partial charge in [-0.2, -0.15) is 0 Å². The number of aryl methyl sites for hydroxylation is 2. The maximum Gasteiger partial charge on any atom is 0.258 e. The van der Waals surface area contributed by atoms with Gasteiger partial charge < -0.3 is 39.0 Å². The number of methoxy groups -OCH3 is 2. The number of imidazole rings is 1. The highest BCUT2D eigenvalue weighted by atomic mass is 16.5. The van der Waals surface area contributed by atoms with Gasteiger partial charge in [0, 0.05) is 44.0 Å². The number of amides is 3. The number of aromatic nitrogens is 2. The number of benzene rings is 2. The molecule has 2 N–H and O–H groups in total. The van der Waals surface area contributed by atoms with Crippen LogP contribution in [0.15, 0.2) is 48.8 Å². The van der Waals surface area contributed by atoms with Gasteiger partial charge in [0.2, 0.25) is 5.91 Å². The molecular formula is C29H33N5O7. The van der Waals surface area contributed by atoms with Gasteiger partial charge in [-0.25, -0.2) is 4.98 Å². The maximum absolute atomic E-state index is 13.4. The van der Waals surface area contributed by atoms with Crippen LogP contribution in [0.2, 0.25) is 0 Å². The number of hydrogen-bond acceptors (Lipinski definition) is 8. The van der Waals surface area contributed by atoms with Crippen molar-refractivity contribution < 1.29 is 33.3 Å². The number of fused-ring (bicyclic) bond motifs is 7. The number of nitrogens with zero attached hydrogens (tertiary/aromatic N) is 3. The Kier molecular flexibility index (Phi) is 8.27. The van der Waals surface area contributed by atoms with Crippen molar-refractivity contribution in [2.75, 3.05) is 33.9 Å². The Balaban J connectivity index is 1.42. The molecule has 3 aliphatic rings. The van der Waals surface area contributed by atoms with E-state index in [-0.39, 0.29) is 56.1 Å². The molecule has 3 amide bonds. The Morgan fingerprint density at radius 2 is 1.90 bits per heavy atom. The fourth-order valence-electron chi connectivity index (χ4n) is 4.91. The van der Waals surface area contributed by atoms with Crippen molar-refractivity contribution in [2.24, 2.45) is 0 Å². The Bertz CT molecular complexity index is 1440. The monoisotopic (exact) mass is 563 g/mol. The predicted molar refractivity (Wildman–Crippen MR) is 147 cm³/mol. The summed E-state index contributed by atoms with van der Waals surface area (Å²) >= 11 is 0. The second kappa shape index (κ2) is 12.2. The van der Waals surface area contributed by atoms with Crippen molar-refractivity contribution >= 4 is 17.7 Å². The molecule has 0 saturated carbocycles. The summed E-state index contributed by atoms with van der Waals surface area (Å²) in [5, 5.41) is 5.84. The van der Waals surface area contributed by atoms with Crippen molar-refractivity contribution in [3.05, 3.63) is 65.7 Å². The van der Waals surface area contributed by atoms with E-state index in [1.54, 1.807) is 35.4 Å². The highest BCUT2D eigenvalue weighted by molar-refractivity contribution is 5.95. The molecule has 6 rings (SSSR count). The first-order valence-corrected chi connectivity index (χ1v) is 13.3. The lowest BCUT2D eigenvalue weighted by molar-refractivity contribution is -0.130. The van der Waals surface area contributed by atoms with Crippen molar-refractivity contribution in [3.63, 3.8) is 0 Å². The van der Waals surface area contributed by atoms with Crippen LogP contribution in [-0.2, 0) is 22.7 Å². The van der Waals surface area contributed by atoms with E-state index >= 15 is 0 Å². The van der Waals surface area contributed by atoms with E-state index < -0.39 is 12.1 Å². The average molecular weight is 564 g/mol. The van der Waals surface area contributed by atoms with E-state index in [4.69, 9.17) is 18.9 Å². The van der Waals surface area contributed by atoms with Crippen LogP contribution in [0.25, 0.3) is 0 Å². The molecule has 3 aromatic rings. The quantitative estimate of drug-likeness (QED) is 0.479. The molecular weight excluding hydrogens is 530 g/mol. The van der Waals surface area contributed by atoms with Gasteiger partial charge in [-0.1, -0.05) is 6.07 Å². The number of rotatable bonds is 5. The molecule has 1 saturated heterocycles. The second-order valence-electron chi connectivity index (χ2n) is 9.87. The Labute approximate surface area is 237 Å². The zero-order valence-electron chi connectivity index (χ0n) is 23.2. The van der Waals surface area contributed by atoms with Crippen LogP contribution in [0.3, 0.4) is 0 Å². The van der Waals surface area contributed by atoms with Gasteiger partial charge >= 0.3 is 0 Å². The molecule has 0 spiro atoms. The summed E-state index contributed by atoms with van der Waals surface area (Å²) in [6.07, 6.45) is 3.29. The average Bonchev–Trinajstić information content (AvgIpc) is 3.58. The Hall–Kier alpha value is -4.74. The van der Waals surface area contributed by atoms with Crippen molar-refractivity contribution in [1.29, 1.82) is 0 Å². The predicted octanol–water partition coefficient (Wildman–Crippen LogP) is 1.70. The molecule has 2 aromatic carbocycles. The van der Waals surface area contributed by atoms with E-state index in [9.17, 15) is 14.4 Å². The minimum atomic E-state index is -0.540. The van der Waals surface area contributed by atoms with E-state index in [2.05, 4.69) is 15.6 Å². The Morgan fingerprint density at radius 1 is 1.07 bits per heavy atom. The van der Waals surface area contributed by atoms with E-state index in [0.717, 1.165) is 11.4 Å². The summed E-state index contributed by atoms with van der Waals surface area (Å²) in [5.74, 6) is 1.65. The summed E-state index contributed by atoms with van der Waals surface area (Å²) < 4.78 is 24.9. The van der Waals surface area contributed by atoms with Crippen molar-refractivity contribution in [2.45, 2.75) is 38.6 Å². The first-order chi connectivity index (χ1) is 19.8. The minimum absolute atomic E-state index is 0.0521. The molecule has 4 heterocycles. The second-order valence-corrected chi connectivity index (χ2v) is 9.87. The van der Waals surface area contributed by atoms with Gasteiger partial charge in [-0.3, -0.25) is 14.4 Å². The summed E-state index contributed by atoms with van der Waals surface area (Å²) in [5.41, 5.74) is 1.11. The number of ether oxygens (including phenoxy) is 4. The third-order valence-corrected chi connectivity index (χ3v) is 7.21. The minimum Gasteiger partial charge on any atom is -0.493 e. The lowest BCUT2D eigenvalue weighted by Gasteiger charge is -2.22. The standard InChI is InChI=1S/C29H33N5O7/c1-18-30-9-11-33(18)10-8-28(36)34-15-21-26(16-34)41-23-6-4-19(12-24(23)39-3)14-31-27(35)17-40-25-13-20(29(37)32-21)5-7-22(25)38-2/h4-7,9,11-13,21,26H,8,10,14-17H2,1-3H3,(H,31,35)(H,32,37)/t21-,26-/m0/s1. The van der Waals surface area contributed by atoms with Gasteiger partial charge in [0.15, 0.2) is 29.6 Å². The van der Waals surface area contributed by atoms with Crippen molar-refractivity contribution in [1.82, 2.24) is 25.1 Å². The van der Waals surface area contributed by atoms with Crippen LogP contribution < -0.4 is 29.6 Å². The van der Waals surface area contributed by atoms with Gasteiger partial charge in [0.05, 0.1) is 26.8 Å². The molecule has 12 nitrogen and oxygen atoms in total. The zero-order valence-corrected chi connectivity index (χ0v) is 23.2. The highest BCUT2D eigenvalue weighted by Crippen LogP contribution is 2.32. The van der Waals surface area contributed by atoms with Crippen LogP contribution in [0.4, 0.5) is 0 Å². The third-order valence-electron chi connectivity index (χ3n) is 7.21. The smallest absolute Gasteiger partial charge is 0.258 e. The van der Waals surface area contributed by atoms with Gasteiger partial charge in [0.25, 0.3) is 11.8 Å². The van der Waals surface area contributed by atoms with Gasteiger partial charge in [-0.05, 0) is 42.8 Å². The first-order valence-electron chi connectivity index (χ1n) is 13.3. The van der Waals surface area contributed by atoms with Gasteiger partial charge in [-0.15, -0.1) is 0 Å². The van der Waals surface area contributed by atoms with Crippen LogP contribution in [-0.4, -0.2) is 78.2 Å². The molecule has 0 unspecified atom stereocenters. The molecule has 0 radical (unpaired) electrons. The molecule has 3 aliphatic heterocycles. The number of carbonyl (C=O) groups is 3. The number of hydrogen-bond donors (Lipinski definition) is 2. The van der Waals surface area contributed by atoms with Crippen LogP contribution in [0.5, 0.6) is 23.0 Å². The SMILES string of the molecule is COc1ccc2cc1OCC(=O)NCc1ccc(c(OC)c1)O[C@H]1CN(C(=O)CCn3ccnc3C)C[C@@H]1NC2=O. The fraction of sp³-hybridized carbons (Fsp3) is 0.379. The zero-order chi connectivity index (χ0) is 28.9. The number of carbonyl (C=O) groups excluding carboxylic acids is 3. The van der Waals surface area contributed by atoms with Gasteiger partial charge in [0.1, 0.15) is 11.9 Å². The summed E-state index contributed by atoms with van der Waals surface area (Å²) in [6.45, 7) is 2.94. The van der Waals surface area contributed by atoms with E-state index in [0.29, 0.717) is 29.4 Å². The Morgan fingerprint density at radius 3 is 2.66 bits per heavy atom. The topological polar surface area (TPSA) is 133 Å². The largest absolute Gasteiger partial charge is 0.493 e. The molecule has 0 aliphatic carbocycles. The molecule has 1 aromatic heterocycles. The lowest BCUT2D eigenvalue weighted by atomic mass is 10.1. The fourth-order valence-corrected chi connectivity index (χ4v) is 4.91. The molecule has 1 fully saturated rings. The summed E-state index contributed by atoms with van der Waals surface area (Å²) in [6, 6.07) is 9.60. The molecule has 41 heavy (non-hydrogen) atoms. The van der Waals surface area contributed by atoms with E-state index in [1.807, 2.05) is 23.8 Å². The lowest BCUT2D eigenvalue weighted by Crippen LogP contribution is -2.45. The molecule has 2 atom stereocenters.